The van der Waals surface area contributed by atoms with Crippen LogP contribution in [0.1, 0.15) is 27.0 Å². The fourth-order valence-corrected chi connectivity index (χ4v) is 3.84. The highest BCUT2D eigenvalue weighted by atomic mass is 32.1. The Morgan fingerprint density at radius 2 is 1.50 bits per heavy atom. The van der Waals surface area contributed by atoms with Crippen LogP contribution in [0.25, 0.3) is 0 Å². The molecule has 0 atom stereocenters. The van der Waals surface area contributed by atoms with Crippen molar-refractivity contribution in [1.82, 2.24) is 15.0 Å². The first-order chi connectivity index (χ1) is 12.5. The molecule has 0 bridgehead atoms. The molecule has 0 spiro atoms. The maximum absolute atomic E-state index is 9.45. The highest BCUT2D eigenvalue weighted by molar-refractivity contribution is 7.09. The van der Waals surface area contributed by atoms with Gasteiger partial charge in [-0.1, -0.05) is 0 Å². The number of pyridine rings is 1. The fourth-order valence-electron chi connectivity index (χ4n) is 2.63. The van der Waals surface area contributed by atoms with Crippen LogP contribution in [0.2, 0.25) is 0 Å². The molecule has 0 aliphatic heterocycles. The smallest absolute Gasteiger partial charge is 0.149 e. The number of nitrogens with zero attached hydrogens (tertiary/aromatic N) is 6. The minimum atomic E-state index is 0.557. The second kappa shape index (κ2) is 7.81. The van der Waals surface area contributed by atoms with Gasteiger partial charge in [-0.25, -0.2) is 15.0 Å². The Bertz CT molecular complexity index is 939. The van der Waals surface area contributed by atoms with E-state index in [0.717, 1.165) is 27.2 Å². The molecule has 8 heteroatoms. The molecular formula is C18H20N6S2. The molecule has 26 heavy (non-hydrogen) atoms. The second-order valence-corrected chi connectivity index (χ2v) is 8.20. The van der Waals surface area contributed by atoms with E-state index >= 15 is 0 Å². The highest BCUT2D eigenvalue weighted by Crippen LogP contribution is 2.24. The molecule has 3 aromatic heterocycles. The first-order valence-electron chi connectivity index (χ1n) is 8.11. The maximum atomic E-state index is 9.45. The average Bonchev–Trinajstić information content (AvgIpc) is 3.22. The van der Waals surface area contributed by atoms with Crippen LogP contribution in [-0.4, -0.2) is 29.0 Å². The summed E-state index contributed by atoms with van der Waals surface area (Å²) in [6, 6.07) is 5.94. The molecule has 0 aliphatic rings. The first-order valence-corrected chi connectivity index (χ1v) is 9.87. The highest BCUT2D eigenvalue weighted by Gasteiger charge is 2.14. The number of hydrogen-bond acceptors (Lipinski definition) is 8. The van der Waals surface area contributed by atoms with Gasteiger partial charge in [-0.05, 0) is 26.0 Å². The van der Waals surface area contributed by atoms with Gasteiger partial charge in [-0.3, -0.25) is 0 Å². The molecule has 0 saturated heterocycles. The predicted molar refractivity (Wildman–Crippen MR) is 107 cm³/mol. The lowest BCUT2D eigenvalue weighted by Crippen LogP contribution is -2.22. The summed E-state index contributed by atoms with van der Waals surface area (Å²) < 4.78 is 0. The van der Waals surface area contributed by atoms with Gasteiger partial charge in [0.2, 0.25) is 0 Å². The zero-order valence-corrected chi connectivity index (χ0v) is 16.9. The lowest BCUT2D eigenvalue weighted by molar-refractivity contribution is 0.842. The van der Waals surface area contributed by atoms with Gasteiger partial charge in [-0.2, -0.15) is 5.26 Å². The van der Waals surface area contributed by atoms with Gasteiger partial charge < -0.3 is 9.80 Å². The van der Waals surface area contributed by atoms with Gasteiger partial charge in [-0.15, -0.1) is 22.7 Å². The van der Waals surface area contributed by atoms with E-state index in [-0.39, 0.29) is 0 Å². The second-order valence-electron chi connectivity index (χ2n) is 6.08. The summed E-state index contributed by atoms with van der Waals surface area (Å²) in [5.41, 5.74) is 2.56. The SMILES string of the molecule is Cc1nc(CN(C)c2ccc(C#N)c(N(C)Cc3csc(C)n3)n2)cs1. The van der Waals surface area contributed by atoms with E-state index in [1.165, 1.54) is 0 Å². The Labute approximate surface area is 161 Å². The zero-order valence-electron chi connectivity index (χ0n) is 15.2. The number of aryl methyl sites for hydroxylation is 2. The molecule has 0 aromatic carbocycles. The first kappa shape index (κ1) is 18.3. The number of anilines is 2. The standard InChI is InChI=1S/C18H20N6S2/c1-12-20-15(10-25-12)8-23(3)17-6-5-14(7-19)18(22-17)24(4)9-16-11-26-13(2)21-16/h5-6,10-11H,8-9H2,1-4H3. The van der Waals surface area contributed by atoms with E-state index in [9.17, 15) is 5.26 Å². The zero-order chi connectivity index (χ0) is 18.7. The molecule has 134 valence electrons. The Hall–Kier alpha value is -2.50. The molecule has 0 amide bonds. The van der Waals surface area contributed by atoms with Crippen molar-refractivity contribution in [1.29, 1.82) is 5.26 Å². The molecule has 0 aliphatic carbocycles. The summed E-state index contributed by atoms with van der Waals surface area (Å²) in [5.74, 6) is 1.47. The molecule has 0 saturated carbocycles. The van der Waals surface area contributed by atoms with Crippen molar-refractivity contribution in [2.24, 2.45) is 0 Å². The maximum Gasteiger partial charge on any atom is 0.149 e. The Morgan fingerprint density at radius 1 is 0.923 bits per heavy atom. The van der Waals surface area contributed by atoms with E-state index in [1.54, 1.807) is 22.7 Å². The van der Waals surface area contributed by atoms with Gasteiger partial charge >= 0.3 is 0 Å². The van der Waals surface area contributed by atoms with Gasteiger partial charge in [0.1, 0.15) is 17.7 Å². The summed E-state index contributed by atoms with van der Waals surface area (Å²) >= 11 is 3.27. The lowest BCUT2D eigenvalue weighted by Gasteiger charge is -2.22. The minimum Gasteiger partial charge on any atom is -0.354 e. The van der Waals surface area contributed by atoms with E-state index in [0.29, 0.717) is 24.5 Å². The van der Waals surface area contributed by atoms with Crippen molar-refractivity contribution in [3.8, 4) is 6.07 Å². The summed E-state index contributed by atoms with van der Waals surface area (Å²) in [4.78, 5) is 17.7. The van der Waals surface area contributed by atoms with Crippen molar-refractivity contribution in [3.63, 3.8) is 0 Å². The third kappa shape index (κ3) is 4.18. The van der Waals surface area contributed by atoms with Crippen LogP contribution in [-0.2, 0) is 13.1 Å². The Kier molecular flexibility index (Phi) is 5.49. The third-order valence-electron chi connectivity index (χ3n) is 3.87. The van der Waals surface area contributed by atoms with Crippen molar-refractivity contribution >= 4 is 34.3 Å². The molecule has 0 unspecified atom stereocenters. The topological polar surface area (TPSA) is 68.9 Å². The Morgan fingerprint density at radius 3 is 2.00 bits per heavy atom. The fraction of sp³-hybridized carbons (Fsp3) is 0.333. The van der Waals surface area contributed by atoms with Gasteiger partial charge in [0.15, 0.2) is 0 Å². The number of rotatable bonds is 6. The molecule has 3 rings (SSSR count). The number of aromatic nitrogens is 3. The van der Waals surface area contributed by atoms with Crippen LogP contribution >= 0.6 is 22.7 Å². The van der Waals surface area contributed by atoms with Crippen molar-refractivity contribution in [2.75, 3.05) is 23.9 Å². The molecule has 3 aromatic rings. The predicted octanol–water partition coefficient (Wildman–Crippen LogP) is 3.76. The van der Waals surface area contributed by atoms with Gasteiger partial charge in [0.25, 0.3) is 0 Å². The third-order valence-corrected chi connectivity index (χ3v) is 5.51. The van der Waals surface area contributed by atoms with Gasteiger partial charge in [0.05, 0.1) is 40.1 Å². The van der Waals surface area contributed by atoms with Crippen LogP contribution in [0, 0.1) is 25.2 Å². The average molecular weight is 385 g/mol. The summed E-state index contributed by atoms with van der Waals surface area (Å²) in [6.45, 7) is 5.28. The molecule has 3 heterocycles. The van der Waals surface area contributed by atoms with E-state index in [2.05, 4.69) is 21.4 Å². The monoisotopic (exact) mass is 384 g/mol. The van der Waals surface area contributed by atoms with Crippen LogP contribution in [0.3, 0.4) is 0 Å². The largest absolute Gasteiger partial charge is 0.354 e. The Balaban J connectivity index is 1.82. The normalized spacial score (nSPS) is 10.6. The van der Waals surface area contributed by atoms with Crippen LogP contribution in [0.15, 0.2) is 22.9 Å². The van der Waals surface area contributed by atoms with E-state index in [4.69, 9.17) is 4.98 Å². The van der Waals surface area contributed by atoms with Crippen LogP contribution in [0.4, 0.5) is 11.6 Å². The molecule has 0 fully saturated rings. The van der Waals surface area contributed by atoms with Gasteiger partial charge in [0, 0.05) is 24.9 Å². The van der Waals surface area contributed by atoms with Crippen LogP contribution in [0.5, 0.6) is 0 Å². The van der Waals surface area contributed by atoms with Crippen LogP contribution < -0.4 is 9.80 Å². The minimum absolute atomic E-state index is 0.557. The number of thiazole rings is 2. The molecule has 0 N–H and O–H groups in total. The summed E-state index contributed by atoms with van der Waals surface area (Å²) in [7, 11) is 3.92. The van der Waals surface area contributed by atoms with Crippen molar-refractivity contribution in [3.05, 3.63) is 49.9 Å². The summed E-state index contributed by atoms with van der Waals surface area (Å²) in [6.07, 6.45) is 0. The molecular weight excluding hydrogens is 364 g/mol. The molecule has 0 radical (unpaired) electrons. The van der Waals surface area contributed by atoms with Crippen molar-refractivity contribution < 1.29 is 0 Å². The van der Waals surface area contributed by atoms with E-state index in [1.807, 2.05) is 55.3 Å². The number of nitriles is 1. The van der Waals surface area contributed by atoms with E-state index < -0.39 is 0 Å². The van der Waals surface area contributed by atoms with Crippen molar-refractivity contribution in [2.45, 2.75) is 26.9 Å². The summed E-state index contributed by atoms with van der Waals surface area (Å²) in [5, 5.41) is 15.6. The molecule has 6 nitrogen and oxygen atoms in total. The quantitative estimate of drug-likeness (QED) is 0.645. The lowest BCUT2D eigenvalue weighted by atomic mass is 10.2. The number of hydrogen-bond donors (Lipinski definition) is 0.